The number of carbonyl (C=O) groups is 2. The first-order valence-electron chi connectivity index (χ1n) is 5.63. The van der Waals surface area contributed by atoms with E-state index in [9.17, 15) is 9.59 Å². The smallest absolute Gasteiger partial charge is 0.260 e. The highest BCUT2D eigenvalue weighted by Gasteiger charge is 2.24. The number of carbonyl (C=O) groups excluding carboxylic acids is 2. The summed E-state index contributed by atoms with van der Waals surface area (Å²) in [6, 6.07) is 0. The topological polar surface area (TPSA) is 119 Å². The fraction of sp³-hybridized carbons (Fsp3) is 0.455. The van der Waals surface area contributed by atoms with Crippen LogP contribution in [0.5, 0.6) is 0 Å². The number of primary amides is 2. The van der Waals surface area contributed by atoms with E-state index < -0.39 is 11.8 Å². The monoisotopic (exact) mass is 285 g/mol. The molecule has 1 aromatic heterocycles. The Kier molecular flexibility index (Phi) is 4.73. The van der Waals surface area contributed by atoms with Crippen LogP contribution in [0.3, 0.4) is 0 Å². The third-order valence-corrected chi connectivity index (χ3v) is 3.96. The molecule has 8 heteroatoms. The molecule has 0 aliphatic rings. The van der Waals surface area contributed by atoms with Crippen LogP contribution in [0.4, 0.5) is 10.7 Å². The van der Waals surface area contributed by atoms with Crippen LogP contribution in [-0.2, 0) is 0 Å². The number of rotatable bonds is 6. The van der Waals surface area contributed by atoms with Gasteiger partial charge in [0.15, 0.2) is 0 Å². The number of hydrogen-bond donors (Lipinski definition) is 3. The summed E-state index contributed by atoms with van der Waals surface area (Å²) in [7, 11) is 5.70. The number of thiophene rings is 1. The summed E-state index contributed by atoms with van der Waals surface area (Å²) in [6.07, 6.45) is 0. The van der Waals surface area contributed by atoms with Crippen LogP contribution in [0.15, 0.2) is 0 Å². The standard InChI is InChI=1S/C11H19N5O2S/c1-15(2)4-5-16(3)11-6(9(13)17)7(12)8(19-11)10(14)18/h4-5,12H2,1-3H3,(H2,13,17)(H2,14,18). The first-order chi connectivity index (χ1) is 8.75. The van der Waals surface area contributed by atoms with Crippen molar-refractivity contribution in [3.05, 3.63) is 10.4 Å². The fourth-order valence-electron chi connectivity index (χ4n) is 1.57. The third kappa shape index (κ3) is 3.36. The van der Waals surface area contributed by atoms with E-state index in [-0.39, 0.29) is 16.1 Å². The van der Waals surface area contributed by atoms with Crippen LogP contribution in [0.1, 0.15) is 20.0 Å². The molecular weight excluding hydrogens is 266 g/mol. The molecule has 0 aliphatic heterocycles. The zero-order valence-electron chi connectivity index (χ0n) is 11.3. The average Bonchev–Trinajstić information content (AvgIpc) is 2.63. The highest BCUT2D eigenvalue weighted by atomic mass is 32.1. The van der Waals surface area contributed by atoms with Gasteiger partial charge in [0.25, 0.3) is 11.8 Å². The van der Waals surface area contributed by atoms with Gasteiger partial charge in [-0.05, 0) is 14.1 Å². The number of nitrogens with two attached hydrogens (primary N) is 3. The van der Waals surface area contributed by atoms with Crippen molar-refractivity contribution >= 4 is 33.8 Å². The van der Waals surface area contributed by atoms with Crippen LogP contribution in [0, 0.1) is 0 Å². The first kappa shape index (κ1) is 15.3. The van der Waals surface area contributed by atoms with E-state index in [2.05, 4.69) is 0 Å². The van der Waals surface area contributed by atoms with E-state index >= 15 is 0 Å². The van der Waals surface area contributed by atoms with Crippen molar-refractivity contribution in [2.75, 3.05) is 44.9 Å². The highest BCUT2D eigenvalue weighted by Crippen LogP contribution is 2.37. The van der Waals surface area contributed by atoms with Gasteiger partial charge in [0.2, 0.25) is 0 Å². The molecule has 2 amide bonds. The second-order valence-corrected chi connectivity index (χ2v) is 5.48. The number of likely N-dealkylation sites (N-methyl/N-ethyl adjacent to an activating group) is 2. The lowest BCUT2D eigenvalue weighted by atomic mass is 10.2. The number of hydrogen-bond acceptors (Lipinski definition) is 6. The molecule has 19 heavy (non-hydrogen) atoms. The minimum atomic E-state index is -0.659. The molecule has 0 atom stereocenters. The SMILES string of the molecule is CN(C)CCN(C)c1sc(C(N)=O)c(N)c1C(N)=O. The molecular formula is C11H19N5O2S. The summed E-state index contributed by atoms with van der Waals surface area (Å²) in [5.74, 6) is -1.31. The summed E-state index contributed by atoms with van der Waals surface area (Å²) in [5, 5.41) is 0.570. The van der Waals surface area contributed by atoms with E-state index in [0.717, 1.165) is 17.9 Å². The van der Waals surface area contributed by atoms with Gasteiger partial charge in [-0.1, -0.05) is 0 Å². The molecule has 0 saturated carbocycles. The number of nitrogens with zero attached hydrogens (tertiary/aromatic N) is 2. The van der Waals surface area contributed by atoms with Gasteiger partial charge in [0, 0.05) is 20.1 Å². The average molecular weight is 285 g/mol. The minimum Gasteiger partial charge on any atom is -0.397 e. The Morgan fingerprint density at radius 3 is 2.11 bits per heavy atom. The molecule has 1 heterocycles. The van der Waals surface area contributed by atoms with Crippen molar-refractivity contribution in [1.82, 2.24) is 4.90 Å². The summed E-state index contributed by atoms with van der Waals surface area (Å²) < 4.78 is 0. The van der Waals surface area contributed by atoms with Crippen molar-refractivity contribution in [2.45, 2.75) is 0 Å². The first-order valence-corrected chi connectivity index (χ1v) is 6.45. The predicted octanol–water partition coefficient (Wildman–Crippen LogP) is -0.474. The second kappa shape index (κ2) is 5.89. The van der Waals surface area contributed by atoms with Crippen molar-refractivity contribution in [3.8, 4) is 0 Å². The summed E-state index contributed by atoms with van der Waals surface area (Å²) in [4.78, 5) is 26.8. The van der Waals surface area contributed by atoms with Gasteiger partial charge in [-0.25, -0.2) is 0 Å². The maximum Gasteiger partial charge on any atom is 0.260 e. The quantitative estimate of drug-likeness (QED) is 0.652. The summed E-state index contributed by atoms with van der Waals surface area (Å²) in [5.41, 5.74) is 16.6. The Labute approximate surface area is 115 Å². The Hall–Kier alpha value is -1.80. The molecule has 0 aliphatic carbocycles. The van der Waals surface area contributed by atoms with Crippen LogP contribution in [0.2, 0.25) is 0 Å². The lowest BCUT2D eigenvalue weighted by Crippen LogP contribution is -2.29. The number of anilines is 2. The normalized spacial score (nSPS) is 10.7. The van der Waals surface area contributed by atoms with Crippen molar-refractivity contribution in [1.29, 1.82) is 0 Å². The van der Waals surface area contributed by atoms with Crippen LogP contribution in [-0.4, -0.2) is 50.9 Å². The van der Waals surface area contributed by atoms with E-state index in [0.29, 0.717) is 11.5 Å². The van der Waals surface area contributed by atoms with Gasteiger partial charge >= 0.3 is 0 Å². The molecule has 0 saturated heterocycles. The van der Waals surface area contributed by atoms with E-state index in [1.54, 1.807) is 0 Å². The predicted molar refractivity (Wildman–Crippen MR) is 77.6 cm³/mol. The zero-order chi connectivity index (χ0) is 14.7. The maximum absolute atomic E-state index is 11.5. The molecule has 106 valence electrons. The van der Waals surface area contributed by atoms with Crippen LogP contribution < -0.4 is 22.1 Å². The minimum absolute atomic E-state index is 0.0664. The van der Waals surface area contributed by atoms with E-state index in [1.807, 2.05) is 30.9 Å². The molecule has 6 N–H and O–H groups in total. The highest BCUT2D eigenvalue weighted by molar-refractivity contribution is 7.19. The lowest BCUT2D eigenvalue weighted by molar-refractivity contribution is 0.0999. The summed E-state index contributed by atoms with van der Waals surface area (Å²) >= 11 is 1.09. The number of amides is 2. The molecule has 0 spiro atoms. The Morgan fingerprint density at radius 1 is 1.11 bits per heavy atom. The van der Waals surface area contributed by atoms with Crippen molar-refractivity contribution in [2.24, 2.45) is 11.5 Å². The van der Waals surface area contributed by atoms with Gasteiger partial charge in [-0.15, -0.1) is 11.3 Å². The molecule has 0 fully saturated rings. The van der Waals surface area contributed by atoms with Crippen LogP contribution >= 0.6 is 11.3 Å². The summed E-state index contributed by atoms with van der Waals surface area (Å²) in [6.45, 7) is 1.46. The van der Waals surface area contributed by atoms with Crippen LogP contribution in [0.25, 0.3) is 0 Å². The molecule has 0 aromatic carbocycles. The maximum atomic E-state index is 11.5. The number of nitrogen functional groups attached to an aromatic ring is 1. The van der Waals surface area contributed by atoms with Crippen molar-refractivity contribution in [3.63, 3.8) is 0 Å². The van der Waals surface area contributed by atoms with Gasteiger partial charge in [-0.3, -0.25) is 9.59 Å². The zero-order valence-corrected chi connectivity index (χ0v) is 12.1. The molecule has 0 bridgehead atoms. The Bertz CT molecular complexity index is 498. The van der Waals surface area contributed by atoms with Gasteiger partial charge in [0.05, 0.1) is 11.3 Å². The molecule has 1 rings (SSSR count). The lowest BCUT2D eigenvalue weighted by Gasteiger charge is -2.20. The molecule has 7 nitrogen and oxygen atoms in total. The largest absolute Gasteiger partial charge is 0.397 e. The fourth-order valence-corrected chi connectivity index (χ4v) is 2.64. The van der Waals surface area contributed by atoms with E-state index in [1.165, 1.54) is 0 Å². The van der Waals surface area contributed by atoms with Gasteiger partial charge < -0.3 is 27.0 Å². The molecule has 0 unspecified atom stereocenters. The Balaban J connectivity index is 3.15. The van der Waals surface area contributed by atoms with E-state index in [4.69, 9.17) is 17.2 Å². The second-order valence-electron chi connectivity index (χ2n) is 4.48. The third-order valence-electron chi connectivity index (χ3n) is 2.63. The molecule has 1 aromatic rings. The molecule has 0 radical (unpaired) electrons. The van der Waals surface area contributed by atoms with Gasteiger partial charge in [0.1, 0.15) is 9.88 Å². The van der Waals surface area contributed by atoms with Gasteiger partial charge in [-0.2, -0.15) is 0 Å². The Morgan fingerprint density at radius 2 is 1.68 bits per heavy atom. The van der Waals surface area contributed by atoms with Crippen molar-refractivity contribution < 1.29 is 9.59 Å².